The van der Waals surface area contributed by atoms with Crippen LogP contribution in [-0.4, -0.2) is 66.5 Å². The summed E-state index contributed by atoms with van der Waals surface area (Å²) in [5.41, 5.74) is 0. The van der Waals surface area contributed by atoms with Gasteiger partial charge in [0.25, 0.3) is 0 Å². The molecule has 0 radical (unpaired) electrons. The minimum Gasteiger partial charge on any atom is -0.462 e. The number of esters is 3. The molecule has 0 aromatic heterocycles. The molecule has 0 saturated heterocycles. The molecule has 0 rings (SSSR count). The Hall–Kier alpha value is -5.42. The molecular weight excluding hydrogens is 1020 g/mol. The molecule has 0 heterocycles. The molecule has 2 N–H and O–H groups in total. The van der Waals surface area contributed by atoms with Crippen molar-refractivity contribution in [1.82, 2.24) is 0 Å². The lowest BCUT2D eigenvalue weighted by atomic mass is 10.1. The van der Waals surface area contributed by atoms with E-state index in [1.165, 1.54) is 0 Å². The van der Waals surface area contributed by atoms with Gasteiger partial charge in [-0.1, -0.05) is 229 Å². The fourth-order valence-corrected chi connectivity index (χ4v) is 7.76. The number of aliphatic hydroxyl groups excluding tert-OH is 1. The first-order valence-electron chi connectivity index (χ1n) is 29.7. The van der Waals surface area contributed by atoms with E-state index in [0.29, 0.717) is 25.7 Å². The Morgan fingerprint density at radius 3 is 1.09 bits per heavy atom. The molecule has 0 amide bonds. The van der Waals surface area contributed by atoms with Crippen molar-refractivity contribution in [3.63, 3.8) is 0 Å². The molecule has 0 bridgehead atoms. The number of ether oxygens (including phenoxy) is 3. The third-order valence-electron chi connectivity index (χ3n) is 11.4. The summed E-state index contributed by atoms with van der Waals surface area (Å²) in [6.45, 7) is 4.06. The van der Waals surface area contributed by atoms with Gasteiger partial charge >= 0.3 is 25.7 Å². The zero-order valence-electron chi connectivity index (χ0n) is 49.2. The van der Waals surface area contributed by atoms with Crippen molar-refractivity contribution in [2.75, 3.05) is 26.4 Å². The molecule has 0 fully saturated rings. The standard InChI is InChI=1S/C68H103O11P/c1-4-7-10-13-16-19-22-25-28-30-32-34-37-39-42-45-48-51-54-57-66(70)75-61-65(79-68(72)59-56-53-50-47-44-41-38-35-33-31-29-26-23-20-17-14-11-8-5-2)63-77-80(73,74)76-62-64(60-69)78-67(71)58-55-52-49-46-43-40-36-27-24-21-18-15-12-9-6-3/h7-12,16-21,25-29,32-36,41,43-44,46,50,52-53,55,64-65,69H,4-6,13-15,22-24,30-31,37-40,42,45,47-49,51,54,56-63H2,1-3H3,(H,73,74)/b10-7-,11-8-,12-9-,19-16-,20-17-,21-18-,28-25-,29-26-,34-32-,35-33-,36-27-,44-41-,46-43-,53-50-,55-52-. The van der Waals surface area contributed by atoms with E-state index in [-0.39, 0.29) is 19.3 Å². The monoisotopic (exact) mass is 1130 g/mol. The Labute approximate surface area is 484 Å². The number of phosphoric acid groups is 1. The molecule has 446 valence electrons. The number of carbonyl (C=O) groups is 3. The predicted octanol–water partition coefficient (Wildman–Crippen LogP) is 18.0. The maximum absolute atomic E-state index is 12.9. The minimum absolute atomic E-state index is 0.0203. The molecular formula is C68H103O11P. The molecule has 3 unspecified atom stereocenters. The molecule has 80 heavy (non-hydrogen) atoms. The van der Waals surface area contributed by atoms with Gasteiger partial charge in [-0.05, 0) is 122 Å². The molecule has 0 aliphatic carbocycles. The van der Waals surface area contributed by atoms with Crippen molar-refractivity contribution < 1.29 is 52.2 Å². The molecule has 12 heteroatoms. The van der Waals surface area contributed by atoms with Crippen molar-refractivity contribution in [1.29, 1.82) is 0 Å². The largest absolute Gasteiger partial charge is 0.472 e. The third kappa shape index (κ3) is 57.3. The highest BCUT2D eigenvalue weighted by molar-refractivity contribution is 7.47. The van der Waals surface area contributed by atoms with E-state index in [1.54, 1.807) is 6.08 Å². The first-order chi connectivity index (χ1) is 39.2. The molecule has 0 aliphatic rings. The lowest BCUT2D eigenvalue weighted by Gasteiger charge is -2.21. The van der Waals surface area contributed by atoms with Crippen LogP contribution >= 0.6 is 7.82 Å². The van der Waals surface area contributed by atoms with Crippen LogP contribution in [0.2, 0.25) is 0 Å². The number of aliphatic hydroxyl groups is 1. The van der Waals surface area contributed by atoms with Gasteiger partial charge in [0, 0.05) is 12.8 Å². The highest BCUT2D eigenvalue weighted by Crippen LogP contribution is 2.43. The summed E-state index contributed by atoms with van der Waals surface area (Å²) in [5, 5.41) is 9.81. The maximum Gasteiger partial charge on any atom is 0.472 e. The van der Waals surface area contributed by atoms with Crippen LogP contribution in [0.4, 0.5) is 0 Å². The number of unbranched alkanes of at least 4 members (excludes halogenated alkanes) is 6. The molecule has 11 nitrogen and oxygen atoms in total. The average Bonchev–Trinajstić information content (AvgIpc) is 3.45. The van der Waals surface area contributed by atoms with E-state index in [4.69, 9.17) is 23.3 Å². The van der Waals surface area contributed by atoms with Crippen LogP contribution in [0.3, 0.4) is 0 Å². The third-order valence-corrected chi connectivity index (χ3v) is 12.3. The molecule has 3 atom stereocenters. The van der Waals surface area contributed by atoms with Gasteiger partial charge in [0.05, 0.1) is 26.2 Å². The second-order valence-corrected chi connectivity index (χ2v) is 20.1. The quantitative estimate of drug-likeness (QED) is 0.0197. The highest BCUT2D eigenvalue weighted by atomic mass is 31.2. The Morgan fingerprint density at radius 1 is 0.362 bits per heavy atom. The van der Waals surface area contributed by atoms with Crippen LogP contribution in [0.5, 0.6) is 0 Å². The van der Waals surface area contributed by atoms with E-state index in [1.807, 2.05) is 30.4 Å². The van der Waals surface area contributed by atoms with Gasteiger partial charge in [-0.25, -0.2) is 4.57 Å². The van der Waals surface area contributed by atoms with E-state index in [9.17, 15) is 28.9 Å². The Balaban J connectivity index is 4.97. The van der Waals surface area contributed by atoms with Crippen molar-refractivity contribution >= 4 is 25.7 Å². The number of carbonyl (C=O) groups excluding carboxylic acids is 3. The van der Waals surface area contributed by atoms with E-state index < -0.39 is 64.4 Å². The second-order valence-electron chi connectivity index (χ2n) is 18.7. The molecule has 0 aliphatic heterocycles. The number of allylic oxidation sites excluding steroid dienone is 29. The highest BCUT2D eigenvalue weighted by Gasteiger charge is 2.28. The summed E-state index contributed by atoms with van der Waals surface area (Å²) in [6, 6.07) is 0. The van der Waals surface area contributed by atoms with Crippen LogP contribution in [-0.2, 0) is 42.2 Å². The first-order valence-corrected chi connectivity index (χ1v) is 31.2. The Bertz CT molecular complexity index is 2040. The summed E-state index contributed by atoms with van der Waals surface area (Å²) in [6.07, 6.45) is 81.8. The fourth-order valence-electron chi connectivity index (χ4n) is 6.98. The van der Waals surface area contributed by atoms with Gasteiger partial charge in [0.1, 0.15) is 12.7 Å². The molecule has 0 aromatic rings. The van der Waals surface area contributed by atoms with E-state index in [0.717, 1.165) is 122 Å². The molecule has 0 spiro atoms. The number of hydrogen-bond donors (Lipinski definition) is 2. The van der Waals surface area contributed by atoms with Crippen LogP contribution < -0.4 is 0 Å². The zero-order chi connectivity index (χ0) is 58.3. The van der Waals surface area contributed by atoms with Crippen LogP contribution in [0.25, 0.3) is 0 Å². The van der Waals surface area contributed by atoms with Crippen molar-refractivity contribution in [3.05, 3.63) is 182 Å². The van der Waals surface area contributed by atoms with Gasteiger partial charge in [0.15, 0.2) is 6.10 Å². The van der Waals surface area contributed by atoms with Gasteiger partial charge in [-0.2, -0.15) is 0 Å². The molecule has 0 aromatic carbocycles. The van der Waals surface area contributed by atoms with Gasteiger partial charge in [-0.3, -0.25) is 23.4 Å². The topological polar surface area (TPSA) is 155 Å². The van der Waals surface area contributed by atoms with Crippen LogP contribution in [0.1, 0.15) is 188 Å². The van der Waals surface area contributed by atoms with Crippen molar-refractivity contribution in [2.24, 2.45) is 0 Å². The Kier molecular flexibility index (Phi) is 55.7. The lowest BCUT2D eigenvalue weighted by Crippen LogP contribution is -2.30. The minimum atomic E-state index is -4.81. The van der Waals surface area contributed by atoms with E-state index in [2.05, 4.69) is 167 Å². The fraction of sp³-hybridized carbons (Fsp3) is 0.515. The summed E-state index contributed by atoms with van der Waals surface area (Å²) in [5.74, 6) is -1.75. The van der Waals surface area contributed by atoms with Gasteiger partial charge < -0.3 is 24.2 Å². The van der Waals surface area contributed by atoms with Gasteiger partial charge in [-0.15, -0.1) is 0 Å². The normalized spacial score (nSPS) is 14.6. The number of hydrogen-bond acceptors (Lipinski definition) is 10. The SMILES string of the molecule is CC/C=C\C/C=C\C/C=C\C/C=C\C/C=C\C/C=C\CCC(=O)OC(COC(=O)CCCCCCCC/C=C\C/C=C\C/C=C\C/C=C\CC)COP(=O)(O)OCC(CO)OC(=O)C/C=C\C/C=C\C/C=C\C/C=C\C/C=C\CC. The summed E-state index contributed by atoms with van der Waals surface area (Å²) < 4.78 is 39.3. The summed E-state index contributed by atoms with van der Waals surface area (Å²) in [4.78, 5) is 48.5. The Morgan fingerprint density at radius 2 is 0.688 bits per heavy atom. The van der Waals surface area contributed by atoms with Crippen molar-refractivity contribution in [2.45, 2.75) is 200 Å². The predicted molar refractivity (Wildman–Crippen MR) is 334 cm³/mol. The number of phosphoric ester groups is 1. The second kappa shape index (κ2) is 59.7. The van der Waals surface area contributed by atoms with Crippen LogP contribution in [0, 0.1) is 0 Å². The zero-order valence-corrected chi connectivity index (χ0v) is 50.1. The summed E-state index contributed by atoms with van der Waals surface area (Å²) >= 11 is 0. The van der Waals surface area contributed by atoms with Gasteiger partial charge in [0.2, 0.25) is 0 Å². The van der Waals surface area contributed by atoms with E-state index >= 15 is 0 Å². The summed E-state index contributed by atoms with van der Waals surface area (Å²) in [7, 11) is -4.81. The first kappa shape index (κ1) is 74.6. The van der Waals surface area contributed by atoms with Crippen LogP contribution in [0.15, 0.2) is 182 Å². The lowest BCUT2D eigenvalue weighted by molar-refractivity contribution is -0.161. The average molecular weight is 1130 g/mol. The number of rotatable bonds is 52. The molecule has 0 saturated carbocycles. The van der Waals surface area contributed by atoms with Crippen molar-refractivity contribution in [3.8, 4) is 0 Å². The maximum atomic E-state index is 12.9. The smallest absolute Gasteiger partial charge is 0.462 e.